The molecular formula is C17H15F2NO. The molecule has 2 aromatic carbocycles. The van der Waals surface area contributed by atoms with Crippen LogP contribution >= 0.6 is 0 Å². The van der Waals surface area contributed by atoms with E-state index in [1.54, 1.807) is 18.2 Å². The standard InChI is InChI=1S/C17H15F2NO/c1-10-14-9-13(19)6-7-16(14)21-17(10)15(20)8-11-2-4-12(18)5-3-11/h2-7,9,15H,8,20H2,1H3. The number of hydrogen-bond acceptors (Lipinski definition) is 2. The molecule has 1 atom stereocenters. The quantitative estimate of drug-likeness (QED) is 0.781. The average molecular weight is 287 g/mol. The normalized spacial score (nSPS) is 12.8. The van der Waals surface area contributed by atoms with Crippen molar-refractivity contribution >= 4 is 11.0 Å². The maximum atomic E-state index is 13.3. The van der Waals surface area contributed by atoms with Gasteiger partial charge in [-0.25, -0.2) is 8.78 Å². The monoisotopic (exact) mass is 287 g/mol. The van der Waals surface area contributed by atoms with Crippen LogP contribution in [0.15, 0.2) is 46.9 Å². The first-order chi connectivity index (χ1) is 10.0. The predicted octanol–water partition coefficient (Wildman–Crippen LogP) is 4.26. The van der Waals surface area contributed by atoms with E-state index in [1.807, 2.05) is 6.92 Å². The highest BCUT2D eigenvalue weighted by Gasteiger charge is 2.18. The van der Waals surface area contributed by atoms with Gasteiger partial charge in [0.1, 0.15) is 23.0 Å². The summed E-state index contributed by atoms with van der Waals surface area (Å²) in [6.45, 7) is 1.87. The van der Waals surface area contributed by atoms with Gasteiger partial charge in [-0.3, -0.25) is 0 Å². The molecule has 0 aliphatic heterocycles. The van der Waals surface area contributed by atoms with Crippen LogP contribution in [0.2, 0.25) is 0 Å². The minimum absolute atomic E-state index is 0.275. The highest BCUT2D eigenvalue weighted by molar-refractivity contribution is 5.82. The fraction of sp³-hybridized carbons (Fsp3) is 0.176. The van der Waals surface area contributed by atoms with E-state index in [1.165, 1.54) is 24.3 Å². The zero-order valence-corrected chi connectivity index (χ0v) is 11.6. The number of rotatable bonds is 3. The van der Waals surface area contributed by atoms with Crippen LogP contribution in [0.4, 0.5) is 8.78 Å². The van der Waals surface area contributed by atoms with Crippen LogP contribution in [0.25, 0.3) is 11.0 Å². The van der Waals surface area contributed by atoms with Crippen molar-refractivity contribution in [2.75, 3.05) is 0 Å². The molecule has 0 aliphatic carbocycles. The summed E-state index contributed by atoms with van der Waals surface area (Å²) in [5, 5.41) is 0.736. The molecule has 1 heterocycles. The lowest BCUT2D eigenvalue weighted by molar-refractivity contribution is 0.489. The predicted molar refractivity (Wildman–Crippen MR) is 77.9 cm³/mol. The van der Waals surface area contributed by atoms with Gasteiger partial charge in [-0.1, -0.05) is 12.1 Å². The molecule has 2 nitrogen and oxygen atoms in total. The Bertz CT molecular complexity index is 777. The third-order valence-corrected chi connectivity index (χ3v) is 3.64. The molecule has 21 heavy (non-hydrogen) atoms. The Morgan fingerprint density at radius 3 is 2.43 bits per heavy atom. The zero-order chi connectivity index (χ0) is 15.0. The lowest BCUT2D eigenvalue weighted by Gasteiger charge is -2.10. The van der Waals surface area contributed by atoms with Gasteiger partial charge in [-0.2, -0.15) is 0 Å². The Labute approximate surface area is 121 Å². The van der Waals surface area contributed by atoms with Crippen molar-refractivity contribution in [2.24, 2.45) is 5.73 Å². The first kappa shape index (κ1) is 13.8. The van der Waals surface area contributed by atoms with Gasteiger partial charge in [0.2, 0.25) is 0 Å². The van der Waals surface area contributed by atoms with Gasteiger partial charge in [0.25, 0.3) is 0 Å². The minimum Gasteiger partial charge on any atom is -0.459 e. The lowest BCUT2D eigenvalue weighted by Crippen LogP contribution is -2.13. The van der Waals surface area contributed by atoms with Gasteiger partial charge >= 0.3 is 0 Å². The summed E-state index contributed by atoms with van der Waals surface area (Å²) in [5.41, 5.74) is 8.58. The van der Waals surface area contributed by atoms with Crippen molar-refractivity contribution in [1.82, 2.24) is 0 Å². The molecule has 0 radical (unpaired) electrons. The summed E-state index contributed by atoms with van der Waals surface area (Å²) < 4.78 is 32.0. The van der Waals surface area contributed by atoms with E-state index in [9.17, 15) is 8.78 Å². The van der Waals surface area contributed by atoms with Crippen molar-refractivity contribution in [3.8, 4) is 0 Å². The molecule has 0 amide bonds. The largest absolute Gasteiger partial charge is 0.459 e. The summed E-state index contributed by atoms with van der Waals surface area (Å²) in [4.78, 5) is 0. The average Bonchev–Trinajstić information content (AvgIpc) is 2.79. The SMILES string of the molecule is Cc1c(C(N)Cc2ccc(F)cc2)oc2ccc(F)cc12. The number of furan rings is 1. The van der Waals surface area contributed by atoms with Gasteiger partial charge in [0.15, 0.2) is 0 Å². The van der Waals surface area contributed by atoms with Gasteiger partial charge in [-0.15, -0.1) is 0 Å². The van der Waals surface area contributed by atoms with E-state index < -0.39 is 0 Å². The van der Waals surface area contributed by atoms with Crippen molar-refractivity contribution in [2.45, 2.75) is 19.4 Å². The van der Waals surface area contributed by atoms with Crippen molar-refractivity contribution in [3.05, 3.63) is 71.0 Å². The number of aryl methyl sites for hydroxylation is 1. The highest BCUT2D eigenvalue weighted by Crippen LogP contribution is 2.30. The van der Waals surface area contributed by atoms with Gasteiger partial charge in [0, 0.05) is 10.9 Å². The number of fused-ring (bicyclic) bond motifs is 1. The van der Waals surface area contributed by atoms with Crippen molar-refractivity contribution in [1.29, 1.82) is 0 Å². The Kier molecular flexibility index (Phi) is 3.47. The molecule has 0 fully saturated rings. The summed E-state index contributed by atoms with van der Waals surface area (Å²) in [6.07, 6.45) is 0.531. The fourth-order valence-electron chi connectivity index (χ4n) is 2.53. The highest BCUT2D eigenvalue weighted by atomic mass is 19.1. The molecule has 1 unspecified atom stereocenters. The molecule has 3 rings (SSSR count). The molecule has 0 bridgehead atoms. The molecular weight excluding hydrogens is 272 g/mol. The third kappa shape index (κ3) is 2.67. The van der Waals surface area contributed by atoms with E-state index in [0.29, 0.717) is 17.8 Å². The minimum atomic E-state index is -0.356. The first-order valence-electron chi connectivity index (χ1n) is 6.73. The Hall–Kier alpha value is -2.20. The number of hydrogen-bond donors (Lipinski definition) is 1. The summed E-state index contributed by atoms with van der Waals surface area (Å²) in [5.74, 6) is 0.0627. The van der Waals surface area contributed by atoms with E-state index in [2.05, 4.69) is 0 Å². The molecule has 0 saturated carbocycles. The summed E-state index contributed by atoms with van der Waals surface area (Å²) in [6, 6.07) is 10.3. The molecule has 0 aliphatic rings. The van der Waals surface area contributed by atoms with Crippen LogP contribution in [0.5, 0.6) is 0 Å². The fourth-order valence-corrected chi connectivity index (χ4v) is 2.53. The molecule has 1 aromatic heterocycles. The van der Waals surface area contributed by atoms with Gasteiger partial charge in [0.05, 0.1) is 6.04 Å². The second-order valence-electron chi connectivity index (χ2n) is 5.17. The molecule has 0 saturated heterocycles. The van der Waals surface area contributed by atoms with Gasteiger partial charge in [-0.05, 0) is 49.2 Å². The maximum Gasteiger partial charge on any atom is 0.134 e. The van der Waals surface area contributed by atoms with E-state index in [0.717, 1.165) is 16.5 Å². The topological polar surface area (TPSA) is 39.2 Å². The van der Waals surface area contributed by atoms with E-state index in [-0.39, 0.29) is 17.7 Å². The Balaban J connectivity index is 1.92. The van der Waals surface area contributed by atoms with Crippen LogP contribution in [0.1, 0.15) is 22.9 Å². The van der Waals surface area contributed by atoms with Crippen LogP contribution in [0.3, 0.4) is 0 Å². The lowest BCUT2D eigenvalue weighted by atomic mass is 10.0. The van der Waals surface area contributed by atoms with Crippen molar-refractivity contribution in [3.63, 3.8) is 0 Å². The van der Waals surface area contributed by atoms with Crippen LogP contribution in [-0.2, 0) is 6.42 Å². The van der Waals surface area contributed by atoms with Crippen LogP contribution in [0, 0.1) is 18.6 Å². The molecule has 3 aromatic rings. The number of nitrogens with two attached hydrogens (primary N) is 1. The molecule has 4 heteroatoms. The zero-order valence-electron chi connectivity index (χ0n) is 11.6. The molecule has 108 valence electrons. The number of benzene rings is 2. The van der Waals surface area contributed by atoms with Gasteiger partial charge < -0.3 is 10.2 Å². The second kappa shape index (κ2) is 5.30. The van der Waals surface area contributed by atoms with Crippen LogP contribution in [-0.4, -0.2) is 0 Å². The van der Waals surface area contributed by atoms with Crippen molar-refractivity contribution < 1.29 is 13.2 Å². The van der Waals surface area contributed by atoms with E-state index in [4.69, 9.17) is 10.2 Å². The van der Waals surface area contributed by atoms with Crippen LogP contribution < -0.4 is 5.73 Å². The van der Waals surface area contributed by atoms with E-state index >= 15 is 0 Å². The molecule has 2 N–H and O–H groups in total. The Morgan fingerprint density at radius 1 is 1.05 bits per heavy atom. The smallest absolute Gasteiger partial charge is 0.134 e. The molecule has 0 spiro atoms. The first-order valence-corrected chi connectivity index (χ1v) is 6.73. The second-order valence-corrected chi connectivity index (χ2v) is 5.17. The Morgan fingerprint density at radius 2 is 1.71 bits per heavy atom. The summed E-state index contributed by atoms with van der Waals surface area (Å²) in [7, 11) is 0. The third-order valence-electron chi connectivity index (χ3n) is 3.64. The summed E-state index contributed by atoms with van der Waals surface area (Å²) >= 11 is 0. The maximum absolute atomic E-state index is 13.3. The number of halogens is 2.